The number of pyridine rings is 1. The van der Waals surface area contributed by atoms with Crippen LogP contribution in [0.25, 0.3) is 5.65 Å². The van der Waals surface area contributed by atoms with Crippen LogP contribution in [-0.2, 0) is 0 Å². The lowest BCUT2D eigenvalue weighted by Crippen LogP contribution is -1.87. The third kappa shape index (κ3) is 2.64. The monoisotopic (exact) mass is 305 g/mol. The average Bonchev–Trinajstić information content (AvgIpc) is 2.93. The van der Waals surface area contributed by atoms with Crippen molar-refractivity contribution in [2.24, 2.45) is 10.2 Å². The van der Waals surface area contributed by atoms with E-state index in [9.17, 15) is 5.11 Å². The van der Waals surface area contributed by atoms with Gasteiger partial charge in [0, 0.05) is 6.20 Å². The molecule has 23 heavy (non-hydrogen) atoms. The molecule has 6 nitrogen and oxygen atoms in total. The summed E-state index contributed by atoms with van der Waals surface area (Å²) in [5, 5.41) is 27.6. The molecule has 114 valence electrons. The molecule has 0 aliphatic carbocycles. The number of aromatic nitrogens is 2. The van der Waals surface area contributed by atoms with Crippen molar-refractivity contribution in [1.82, 2.24) is 9.38 Å². The van der Waals surface area contributed by atoms with Gasteiger partial charge in [-0.3, -0.25) is 4.40 Å². The summed E-state index contributed by atoms with van der Waals surface area (Å²) in [5.74, 6) is 0.765. The topological polar surface area (TPSA) is 86.0 Å². The number of rotatable bonds is 3. The van der Waals surface area contributed by atoms with E-state index in [0.717, 1.165) is 5.69 Å². The van der Waals surface area contributed by atoms with Crippen molar-refractivity contribution in [2.45, 2.75) is 19.8 Å². The SMILES string of the molecule is CC(C)c1nc2c(O)cccn2c1N=Nc1ccccc1C#N. The summed E-state index contributed by atoms with van der Waals surface area (Å²) in [6.07, 6.45) is 1.78. The Balaban J connectivity index is 2.16. The summed E-state index contributed by atoms with van der Waals surface area (Å²) in [6.45, 7) is 4.00. The quantitative estimate of drug-likeness (QED) is 0.725. The molecule has 0 atom stereocenters. The van der Waals surface area contributed by atoms with Gasteiger partial charge in [-0.25, -0.2) is 4.98 Å². The van der Waals surface area contributed by atoms with E-state index in [1.807, 2.05) is 13.8 Å². The van der Waals surface area contributed by atoms with Crippen LogP contribution in [0.1, 0.15) is 31.0 Å². The van der Waals surface area contributed by atoms with E-state index >= 15 is 0 Å². The smallest absolute Gasteiger partial charge is 0.183 e. The zero-order valence-corrected chi connectivity index (χ0v) is 12.8. The maximum Gasteiger partial charge on any atom is 0.183 e. The maximum absolute atomic E-state index is 9.96. The molecule has 0 aliphatic heterocycles. The van der Waals surface area contributed by atoms with Crippen LogP contribution in [0.5, 0.6) is 5.75 Å². The van der Waals surface area contributed by atoms with Crippen molar-refractivity contribution in [1.29, 1.82) is 5.26 Å². The van der Waals surface area contributed by atoms with E-state index in [1.54, 1.807) is 47.0 Å². The lowest BCUT2D eigenvalue weighted by molar-refractivity contribution is 0.477. The van der Waals surface area contributed by atoms with Gasteiger partial charge in [-0.05, 0) is 30.2 Å². The number of fused-ring (bicyclic) bond motifs is 1. The molecule has 0 amide bonds. The number of imidazole rings is 1. The highest BCUT2D eigenvalue weighted by Crippen LogP contribution is 2.32. The molecule has 2 heterocycles. The van der Waals surface area contributed by atoms with Crippen molar-refractivity contribution < 1.29 is 5.11 Å². The summed E-state index contributed by atoms with van der Waals surface area (Å²) in [7, 11) is 0. The molecule has 0 saturated carbocycles. The number of aromatic hydroxyl groups is 1. The average molecular weight is 305 g/mol. The first-order chi connectivity index (χ1) is 11.1. The predicted molar refractivity (Wildman–Crippen MR) is 86.3 cm³/mol. The molecule has 0 unspecified atom stereocenters. The summed E-state index contributed by atoms with van der Waals surface area (Å²) >= 11 is 0. The van der Waals surface area contributed by atoms with Crippen molar-refractivity contribution >= 4 is 17.2 Å². The molecular formula is C17H15N5O. The van der Waals surface area contributed by atoms with Gasteiger partial charge in [-0.15, -0.1) is 10.2 Å². The van der Waals surface area contributed by atoms with Crippen LogP contribution in [0.4, 0.5) is 11.5 Å². The molecule has 3 rings (SSSR count). The van der Waals surface area contributed by atoms with E-state index in [-0.39, 0.29) is 11.7 Å². The van der Waals surface area contributed by atoms with E-state index in [0.29, 0.717) is 22.7 Å². The highest BCUT2D eigenvalue weighted by Gasteiger charge is 2.17. The fourth-order valence-electron chi connectivity index (χ4n) is 2.30. The Kier molecular flexibility index (Phi) is 3.77. The summed E-state index contributed by atoms with van der Waals surface area (Å²) in [6, 6.07) is 12.4. The fraction of sp³-hybridized carbons (Fsp3) is 0.176. The summed E-state index contributed by atoms with van der Waals surface area (Å²) < 4.78 is 1.70. The number of hydrogen-bond acceptors (Lipinski definition) is 5. The maximum atomic E-state index is 9.96. The van der Waals surface area contributed by atoms with Gasteiger partial charge in [0.1, 0.15) is 11.8 Å². The minimum atomic E-state index is 0.0910. The van der Waals surface area contributed by atoms with E-state index in [2.05, 4.69) is 21.3 Å². The summed E-state index contributed by atoms with van der Waals surface area (Å²) in [4.78, 5) is 4.46. The molecule has 6 heteroatoms. The minimum absolute atomic E-state index is 0.0910. The van der Waals surface area contributed by atoms with E-state index in [1.165, 1.54) is 0 Å². The number of hydrogen-bond donors (Lipinski definition) is 1. The summed E-state index contributed by atoms with van der Waals surface area (Å²) in [5.41, 5.74) is 2.14. The first-order valence-electron chi connectivity index (χ1n) is 7.22. The first-order valence-corrected chi connectivity index (χ1v) is 7.22. The first kappa shape index (κ1) is 14.7. The highest BCUT2D eigenvalue weighted by molar-refractivity contribution is 5.61. The van der Waals surface area contributed by atoms with E-state index in [4.69, 9.17) is 5.26 Å². The lowest BCUT2D eigenvalue weighted by Gasteiger charge is -2.02. The normalized spacial score (nSPS) is 11.4. The van der Waals surface area contributed by atoms with Gasteiger partial charge in [-0.2, -0.15) is 5.26 Å². The second-order valence-corrected chi connectivity index (χ2v) is 5.39. The van der Waals surface area contributed by atoms with Crippen LogP contribution in [-0.4, -0.2) is 14.5 Å². The highest BCUT2D eigenvalue weighted by atomic mass is 16.3. The number of nitriles is 1. The van der Waals surface area contributed by atoms with Gasteiger partial charge in [0.2, 0.25) is 0 Å². The van der Waals surface area contributed by atoms with E-state index < -0.39 is 0 Å². The van der Waals surface area contributed by atoms with Crippen LogP contribution < -0.4 is 0 Å². The molecular weight excluding hydrogens is 290 g/mol. The Hall–Kier alpha value is -3.20. The molecule has 0 spiro atoms. The fourth-order valence-corrected chi connectivity index (χ4v) is 2.30. The molecule has 0 fully saturated rings. The molecule has 0 aliphatic rings. The van der Waals surface area contributed by atoms with Crippen molar-refractivity contribution in [3.05, 3.63) is 53.9 Å². The van der Waals surface area contributed by atoms with Gasteiger partial charge >= 0.3 is 0 Å². The Morgan fingerprint density at radius 2 is 1.96 bits per heavy atom. The standard InChI is InChI=1S/C17H15N5O/c1-11(2)15-17(22-9-5-8-14(23)16(22)19-15)21-20-13-7-4-3-6-12(13)10-18/h3-9,11,23H,1-2H3. The molecule has 0 radical (unpaired) electrons. The lowest BCUT2D eigenvalue weighted by atomic mass is 10.1. The van der Waals surface area contributed by atoms with Crippen LogP contribution in [0.15, 0.2) is 52.8 Å². The van der Waals surface area contributed by atoms with Gasteiger partial charge in [0.05, 0.1) is 11.3 Å². The Labute approximate surface area is 133 Å². The largest absolute Gasteiger partial charge is 0.504 e. The zero-order chi connectivity index (χ0) is 16.4. The Morgan fingerprint density at radius 1 is 1.17 bits per heavy atom. The molecule has 0 bridgehead atoms. The van der Waals surface area contributed by atoms with Gasteiger partial charge in [-0.1, -0.05) is 26.0 Å². The molecule has 1 N–H and O–H groups in total. The van der Waals surface area contributed by atoms with Crippen LogP contribution in [0, 0.1) is 11.3 Å². The van der Waals surface area contributed by atoms with Gasteiger partial charge < -0.3 is 5.11 Å². The molecule has 3 aromatic rings. The van der Waals surface area contributed by atoms with Crippen molar-refractivity contribution in [2.75, 3.05) is 0 Å². The number of azo groups is 1. The second kappa shape index (κ2) is 5.89. The number of benzene rings is 1. The minimum Gasteiger partial charge on any atom is -0.504 e. The van der Waals surface area contributed by atoms with Crippen LogP contribution in [0.2, 0.25) is 0 Å². The van der Waals surface area contributed by atoms with Crippen molar-refractivity contribution in [3.8, 4) is 11.8 Å². The number of nitrogens with zero attached hydrogens (tertiary/aromatic N) is 5. The third-order valence-electron chi connectivity index (χ3n) is 3.45. The zero-order valence-electron chi connectivity index (χ0n) is 12.8. The Bertz CT molecular complexity index is 934. The molecule has 0 saturated heterocycles. The van der Waals surface area contributed by atoms with Gasteiger partial charge in [0.15, 0.2) is 17.2 Å². The predicted octanol–water partition coefficient (Wildman–Crippen LogP) is 4.45. The Morgan fingerprint density at radius 3 is 2.70 bits per heavy atom. The molecule has 1 aromatic carbocycles. The third-order valence-corrected chi connectivity index (χ3v) is 3.45. The van der Waals surface area contributed by atoms with Crippen LogP contribution in [0.3, 0.4) is 0 Å². The van der Waals surface area contributed by atoms with Gasteiger partial charge in [0.25, 0.3) is 0 Å². The van der Waals surface area contributed by atoms with Crippen LogP contribution >= 0.6 is 0 Å². The molecule has 2 aromatic heterocycles. The van der Waals surface area contributed by atoms with Crippen molar-refractivity contribution in [3.63, 3.8) is 0 Å². The second-order valence-electron chi connectivity index (χ2n) is 5.39.